The Bertz CT molecular complexity index is 360. The molecule has 0 spiro atoms. The molecule has 0 bridgehead atoms. The first-order valence-corrected chi connectivity index (χ1v) is 6.54. The predicted octanol–water partition coefficient (Wildman–Crippen LogP) is 1.96. The molecule has 100 valence electrons. The van der Waals surface area contributed by atoms with Crippen molar-refractivity contribution in [3.8, 4) is 0 Å². The van der Waals surface area contributed by atoms with Crippen molar-refractivity contribution in [2.45, 2.75) is 38.5 Å². The molecule has 0 unspecified atom stereocenters. The van der Waals surface area contributed by atoms with E-state index in [1.165, 1.54) is 0 Å². The Morgan fingerprint density at radius 2 is 2.11 bits per heavy atom. The first-order valence-electron chi connectivity index (χ1n) is 6.54. The van der Waals surface area contributed by atoms with Gasteiger partial charge in [0.15, 0.2) is 12.4 Å². The predicted molar refractivity (Wildman–Crippen MR) is 64.4 cm³/mol. The van der Waals surface area contributed by atoms with Crippen LogP contribution in [-0.4, -0.2) is 35.5 Å². The number of ketones is 1. The van der Waals surface area contributed by atoms with Gasteiger partial charge in [-0.25, -0.2) is 0 Å². The summed E-state index contributed by atoms with van der Waals surface area (Å²) in [5, 5.41) is 16.7. The van der Waals surface area contributed by atoms with Crippen LogP contribution < -0.4 is 0 Å². The lowest BCUT2D eigenvalue weighted by molar-refractivity contribution is -0.712. The van der Waals surface area contributed by atoms with Crippen molar-refractivity contribution in [2.24, 2.45) is 5.28 Å². The summed E-state index contributed by atoms with van der Waals surface area (Å²) in [6, 6.07) is 0. The molecule has 6 heteroatoms. The van der Waals surface area contributed by atoms with Crippen LogP contribution in [0.2, 0.25) is 0 Å². The van der Waals surface area contributed by atoms with E-state index in [4.69, 9.17) is 4.84 Å². The monoisotopic (exact) mass is 253 g/mol. The Kier molecular flexibility index (Phi) is 4.55. The molecule has 6 nitrogen and oxygen atoms in total. The van der Waals surface area contributed by atoms with Crippen molar-refractivity contribution in [1.82, 2.24) is 5.01 Å². The van der Waals surface area contributed by atoms with E-state index in [0.717, 1.165) is 45.2 Å². The summed E-state index contributed by atoms with van der Waals surface area (Å²) < 4.78 is 0. The summed E-state index contributed by atoms with van der Waals surface area (Å²) >= 11 is 0. The Morgan fingerprint density at radius 3 is 2.83 bits per heavy atom. The lowest BCUT2D eigenvalue weighted by Gasteiger charge is -2.21. The largest absolute Gasteiger partial charge is 0.569 e. The molecule has 2 rings (SSSR count). The van der Waals surface area contributed by atoms with Gasteiger partial charge in [-0.1, -0.05) is 6.08 Å². The molecular weight excluding hydrogens is 234 g/mol. The van der Waals surface area contributed by atoms with Crippen LogP contribution in [0.25, 0.3) is 0 Å². The van der Waals surface area contributed by atoms with E-state index < -0.39 is 0 Å². The lowest BCUT2D eigenvalue weighted by atomic mass is 9.99. The number of allylic oxidation sites excluding steroid dienone is 1. The van der Waals surface area contributed by atoms with Gasteiger partial charge in [-0.3, -0.25) is 4.79 Å². The topological polar surface area (TPSA) is 68.0 Å². The maximum Gasteiger partial charge on any atom is 0.233 e. The minimum Gasteiger partial charge on any atom is -0.569 e. The van der Waals surface area contributed by atoms with Crippen LogP contribution in [0.3, 0.4) is 0 Å². The number of Topliss-reactive ketones (excluding diaryl/α,β-unsaturated/α-hetero) is 1. The summed E-state index contributed by atoms with van der Waals surface area (Å²) in [7, 11) is 0. The van der Waals surface area contributed by atoms with Gasteiger partial charge in [-0.05, 0) is 32.1 Å². The zero-order valence-corrected chi connectivity index (χ0v) is 10.5. The van der Waals surface area contributed by atoms with Crippen molar-refractivity contribution in [3.05, 3.63) is 16.9 Å². The van der Waals surface area contributed by atoms with Gasteiger partial charge in [0.05, 0.1) is 18.1 Å². The van der Waals surface area contributed by atoms with Gasteiger partial charge in [0.25, 0.3) is 0 Å². The standard InChI is InChI=1S/C12H19N3O3/c16-12-7-3-2-6-11(12)10-18-13-15(17)14-8-4-1-5-9-14/h6H,1-5,7-10H2/b15-13-. The minimum absolute atomic E-state index is 0.103. The van der Waals surface area contributed by atoms with Gasteiger partial charge in [0.2, 0.25) is 5.28 Å². The normalized spacial score (nSPS) is 21.8. The van der Waals surface area contributed by atoms with Crippen LogP contribution >= 0.6 is 0 Å². The molecular formula is C12H19N3O3. The smallest absolute Gasteiger partial charge is 0.233 e. The number of piperidine rings is 1. The van der Waals surface area contributed by atoms with Crippen LogP contribution in [-0.2, 0) is 9.63 Å². The molecule has 18 heavy (non-hydrogen) atoms. The quantitative estimate of drug-likeness (QED) is 0.436. The van der Waals surface area contributed by atoms with Crippen LogP contribution in [0.4, 0.5) is 0 Å². The number of rotatable bonds is 4. The second kappa shape index (κ2) is 6.37. The Morgan fingerprint density at radius 1 is 1.33 bits per heavy atom. The molecule has 0 radical (unpaired) electrons. The Hall–Kier alpha value is -1.59. The van der Waals surface area contributed by atoms with Crippen molar-refractivity contribution in [1.29, 1.82) is 0 Å². The highest BCUT2D eigenvalue weighted by atomic mass is 16.7. The third kappa shape index (κ3) is 3.45. The molecule has 2 aliphatic rings. The van der Waals surface area contributed by atoms with Gasteiger partial charge in [0, 0.05) is 12.0 Å². The van der Waals surface area contributed by atoms with Crippen LogP contribution in [0.1, 0.15) is 38.5 Å². The van der Waals surface area contributed by atoms with Crippen molar-refractivity contribution < 1.29 is 14.6 Å². The number of hydrogen-bond acceptors (Lipinski definition) is 4. The van der Waals surface area contributed by atoms with E-state index in [0.29, 0.717) is 17.0 Å². The van der Waals surface area contributed by atoms with Crippen molar-refractivity contribution in [3.63, 3.8) is 0 Å². The van der Waals surface area contributed by atoms with Crippen LogP contribution in [0.5, 0.6) is 0 Å². The summed E-state index contributed by atoms with van der Waals surface area (Å²) in [5.74, 6) is 0.104. The lowest BCUT2D eigenvalue weighted by Crippen LogP contribution is -2.35. The summed E-state index contributed by atoms with van der Waals surface area (Å²) in [4.78, 5) is 17.0. The number of hydrogen-bond donors (Lipinski definition) is 0. The number of nitrogens with zero attached hydrogens (tertiary/aromatic N) is 3. The van der Waals surface area contributed by atoms with Gasteiger partial charge in [-0.15, -0.1) is 5.01 Å². The second-order valence-electron chi connectivity index (χ2n) is 4.67. The number of carbonyl (C=O) groups is 1. The van der Waals surface area contributed by atoms with E-state index in [9.17, 15) is 10.0 Å². The molecule has 0 aromatic rings. The second-order valence-corrected chi connectivity index (χ2v) is 4.67. The minimum atomic E-state index is 0.103. The summed E-state index contributed by atoms with van der Waals surface area (Å²) in [6.45, 7) is 1.54. The average Bonchev–Trinajstić information content (AvgIpc) is 2.42. The number of hydrazine groups is 1. The van der Waals surface area contributed by atoms with E-state index in [1.54, 1.807) is 5.01 Å². The Balaban J connectivity index is 1.79. The SMILES string of the molecule is O=C1CCCC=C1CO/N=[N+](\[O-])N1CCCCC1. The van der Waals surface area contributed by atoms with Gasteiger partial charge >= 0.3 is 0 Å². The number of carbonyl (C=O) groups excluding carboxylic acids is 1. The third-order valence-corrected chi connectivity index (χ3v) is 3.28. The first kappa shape index (κ1) is 12.9. The molecule has 0 aromatic heterocycles. The summed E-state index contributed by atoms with van der Waals surface area (Å²) in [5.41, 5.74) is 0.636. The van der Waals surface area contributed by atoms with Gasteiger partial charge < -0.3 is 10.0 Å². The third-order valence-electron chi connectivity index (χ3n) is 3.28. The zero-order chi connectivity index (χ0) is 12.8. The van der Waals surface area contributed by atoms with Gasteiger partial charge in [-0.2, -0.15) is 0 Å². The molecule has 1 fully saturated rings. The van der Waals surface area contributed by atoms with Crippen molar-refractivity contribution in [2.75, 3.05) is 19.7 Å². The zero-order valence-electron chi connectivity index (χ0n) is 10.5. The Labute approximate surface area is 106 Å². The van der Waals surface area contributed by atoms with Crippen LogP contribution in [0, 0.1) is 5.21 Å². The van der Waals surface area contributed by atoms with Gasteiger partial charge in [0.1, 0.15) is 0 Å². The van der Waals surface area contributed by atoms with E-state index >= 15 is 0 Å². The molecule has 0 aromatic carbocycles. The maximum atomic E-state index is 11.6. The molecule has 1 aliphatic heterocycles. The van der Waals surface area contributed by atoms with E-state index in [2.05, 4.69) is 5.28 Å². The van der Waals surface area contributed by atoms with E-state index in [-0.39, 0.29) is 12.4 Å². The fourth-order valence-corrected chi connectivity index (χ4v) is 2.20. The first-order chi connectivity index (χ1) is 8.77. The molecule has 0 atom stereocenters. The molecule has 1 heterocycles. The molecule has 0 amide bonds. The maximum absolute atomic E-state index is 11.6. The molecule has 0 N–H and O–H groups in total. The highest BCUT2D eigenvalue weighted by Gasteiger charge is 2.18. The average molecular weight is 253 g/mol. The highest BCUT2D eigenvalue weighted by molar-refractivity contribution is 5.96. The molecule has 1 aliphatic carbocycles. The van der Waals surface area contributed by atoms with E-state index in [1.807, 2.05) is 6.08 Å². The molecule has 0 saturated carbocycles. The highest BCUT2D eigenvalue weighted by Crippen LogP contribution is 2.14. The van der Waals surface area contributed by atoms with Crippen LogP contribution in [0.15, 0.2) is 16.9 Å². The fraction of sp³-hybridized carbons (Fsp3) is 0.750. The summed E-state index contributed by atoms with van der Waals surface area (Å²) in [6.07, 6.45) is 7.43. The van der Waals surface area contributed by atoms with Crippen molar-refractivity contribution >= 4 is 5.78 Å². The fourth-order valence-electron chi connectivity index (χ4n) is 2.20. The molecule has 1 saturated heterocycles.